The summed E-state index contributed by atoms with van der Waals surface area (Å²) in [5.41, 5.74) is 4.33. The summed E-state index contributed by atoms with van der Waals surface area (Å²) in [7, 11) is 1.61. The molecule has 2 unspecified atom stereocenters. The Kier molecular flexibility index (Phi) is 6.52. The summed E-state index contributed by atoms with van der Waals surface area (Å²) in [6.45, 7) is 0. The average Bonchev–Trinajstić information content (AvgIpc) is 3.26. The number of nitrogens with zero attached hydrogens (tertiary/aromatic N) is 2. The highest BCUT2D eigenvalue weighted by Crippen LogP contribution is 2.40. The first-order chi connectivity index (χ1) is 16.9. The Labute approximate surface area is 212 Å². The molecule has 0 fully saturated rings. The quantitative estimate of drug-likeness (QED) is 0.331. The molecule has 5 rings (SSSR count). The van der Waals surface area contributed by atoms with Gasteiger partial charge in [0.2, 0.25) is 0 Å². The molecular weight excluding hydrogens is 487 g/mol. The number of halogens is 2. The van der Waals surface area contributed by atoms with Gasteiger partial charge in [0.05, 0.1) is 30.2 Å². The summed E-state index contributed by atoms with van der Waals surface area (Å²) in [6, 6.07) is 21.5. The molecule has 3 aromatic carbocycles. The molecule has 8 heteroatoms. The second-order valence-corrected chi connectivity index (χ2v) is 9.14. The topological polar surface area (TPSA) is 73.6 Å². The van der Waals surface area contributed by atoms with E-state index in [4.69, 9.17) is 37.8 Å². The molecule has 1 N–H and O–H groups in total. The number of carbonyl (C=O) groups excluding carboxylic acids is 1. The number of fused-ring (bicyclic) bond motifs is 1. The van der Waals surface area contributed by atoms with Crippen LogP contribution in [-0.2, 0) is 11.2 Å². The molecule has 0 amide bonds. The Morgan fingerprint density at radius 1 is 1.03 bits per heavy atom. The lowest BCUT2D eigenvalue weighted by Gasteiger charge is -2.27. The van der Waals surface area contributed by atoms with Gasteiger partial charge in [0, 0.05) is 21.2 Å². The smallest absolute Gasteiger partial charge is 0.338 e. The van der Waals surface area contributed by atoms with E-state index in [1.165, 1.54) is 6.07 Å². The Bertz CT molecular complexity index is 1370. The lowest BCUT2D eigenvalue weighted by atomic mass is 9.89. The molecule has 0 saturated carbocycles. The summed E-state index contributed by atoms with van der Waals surface area (Å²) in [4.78, 5) is 12.9. The largest absolute Gasteiger partial charge is 0.497 e. The Balaban J connectivity index is 1.61. The van der Waals surface area contributed by atoms with Gasteiger partial charge in [0.1, 0.15) is 11.4 Å². The van der Waals surface area contributed by atoms with Crippen LogP contribution in [0.4, 0.5) is 0 Å². The molecule has 1 aliphatic carbocycles. The number of aliphatic hydroxyl groups excluding tert-OH is 1. The third-order valence-electron chi connectivity index (χ3n) is 6.05. The second kappa shape index (κ2) is 9.74. The van der Waals surface area contributed by atoms with Gasteiger partial charge in [0.25, 0.3) is 0 Å². The number of ether oxygens (including phenoxy) is 2. The van der Waals surface area contributed by atoms with Gasteiger partial charge in [-0.1, -0.05) is 41.4 Å². The maximum atomic E-state index is 12.9. The van der Waals surface area contributed by atoms with Gasteiger partial charge < -0.3 is 14.6 Å². The highest BCUT2D eigenvalue weighted by molar-refractivity contribution is 6.31. The number of hydrogen-bond donors (Lipinski definition) is 1. The van der Waals surface area contributed by atoms with Crippen LogP contribution >= 0.6 is 23.2 Å². The zero-order chi connectivity index (χ0) is 24.5. The van der Waals surface area contributed by atoms with Crippen LogP contribution in [-0.4, -0.2) is 34.1 Å². The van der Waals surface area contributed by atoms with E-state index in [1.54, 1.807) is 25.3 Å². The van der Waals surface area contributed by atoms with Crippen molar-refractivity contribution in [3.63, 3.8) is 0 Å². The van der Waals surface area contributed by atoms with Gasteiger partial charge in [-0.05, 0) is 67.4 Å². The first-order valence-corrected chi connectivity index (χ1v) is 11.9. The fourth-order valence-electron chi connectivity index (χ4n) is 4.32. The third kappa shape index (κ3) is 4.65. The lowest BCUT2D eigenvalue weighted by Crippen LogP contribution is -2.29. The van der Waals surface area contributed by atoms with Crippen molar-refractivity contribution >= 4 is 29.2 Å². The first kappa shape index (κ1) is 23.4. The van der Waals surface area contributed by atoms with Crippen molar-refractivity contribution in [2.24, 2.45) is 0 Å². The Hall–Kier alpha value is -3.32. The minimum Gasteiger partial charge on any atom is -0.497 e. The van der Waals surface area contributed by atoms with Crippen LogP contribution in [0.25, 0.3) is 16.9 Å². The monoisotopic (exact) mass is 508 g/mol. The lowest BCUT2D eigenvalue weighted by molar-refractivity contribution is -0.0285. The molecule has 4 aromatic rings. The average molecular weight is 509 g/mol. The molecular formula is C27H22Cl2N2O4. The Morgan fingerprint density at radius 2 is 1.77 bits per heavy atom. The van der Waals surface area contributed by atoms with E-state index in [0.717, 1.165) is 28.3 Å². The summed E-state index contributed by atoms with van der Waals surface area (Å²) in [5.74, 6) is 0.152. The molecule has 2 atom stereocenters. The first-order valence-electron chi connectivity index (χ1n) is 11.1. The van der Waals surface area contributed by atoms with Gasteiger partial charge in [-0.15, -0.1) is 0 Å². The van der Waals surface area contributed by atoms with Crippen LogP contribution in [0.5, 0.6) is 5.75 Å². The van der Waals surface area contributed by atoms with E-state index < -0.39 is 18.2 Å². The van der Waals surface area contributed by atoms with Crippen molar-refractivity contribution in [2.75, 3.05) is 7.11 Å². The van der Waals surface area contributed by atoms with Crippen LogP contribution in [0.15, 0.2) is 72.8 Å². The molecule has 1 heterocycles. The van der Waals surface area contributed by atoms with Crippen molar-refractivity contribution in [2.45, 2.75) is 25.0 Å². The number of rotatable bonds is 5. The van der Waals surface area contributed by atoms with Gasteiger partial charge >= 0.3 is 5.97 Å². The summed E-state index contributed by atoms with van der Waals surface area (Å²) in [6.07, 6.45) is -0.802. The molecule has 1 aromatic heterocycles. The van der Waals surface area contributed by atoms with Gasteiger partial charge in [-0.25, -0.2) is 9.48 Å². The number of aliphatic hydroxyl groups is 1. The number of methoxy groups -OCH3 is 1. The van der Waals surface area contributed by atoms with Crippen molar-refractivity contribution < 1.29 is 19.4 Å². The zero-order valence-corrected chi connectivity index (χ0v) is 20.3. The highest BCUT2D eigenvalue weighted by atomic mass is 35.5. The zero-order valence-electron chi connectivity index (χ0n) is 18.8. The second-order valence-electron chi connectivity index (χ2n) is 8.27. The van der Waals surface area contributed by atoms with Gasteiger partial charge in [-0.2, -0.15) is 5.10 Å². The third-order valence-corrected chi connectivity index (χ3v) is 6.54. The molecule has 0 bridgehead atoms. The van der Waals surface area contributed by atoms with Gasteiger partial charge in [0.15, 0.2) is 6.10 Å². The van der Waals surface area contributed by atoms with Crippen LogP contribution in [0, 0.1) is 0 Å². The number of esters is 1. The summed E-state index contributed by atoms with van der Waals surface area (Å²) in [5, 5.41) is 16.7. The standard InChI is InChI=1S/C27H22Cl2N2O4/c1-34-21-11-9-20(10-12-21)31-25(16-5-7-18(28)8-6-16)22-13-14-23(32)26(24(22)30-31)35-27(33)17-3-2-4-19(29)15-17/h2-12,15,23,26,32H,13-14H2,1H3. The van der Waals surface area contributed by atoms with Crippen molar-refractivity contribution in [1.29, 1.82) is 0 Å². The molecule has 0 radical (unpaired) electrons. The van der Waals surface area contributed by atoms with E-state index in [2.05, 4.69) is 0 Å². The van der Waals surface area contributed by atoms with Crippen molar-refractivity contribution in [3.8, 4) is 22.7 Å². The summed E-state index contributed by atoms with van der Waals surface area (Å²) >= 11 is 12.2. The van der Waals surface area contributed by atoms with Gasteiger partial charge in [-0.3, -0.25) is 0 Å². The van der Waals surface area contributed by atoms with Crippen molar-refractivity contribution in [1.82, 2.24) is 9.78 Å². The minimum absolute atomic E-state index is 0.310. The van der Waals surface area contributed by atoms with Crippen LogP contribution in [0.3, 0.4) is 0 Å². The van der Waals surface area contributed by atoms with Crippen molar-refractivity contribution in [3.05, 3.63) is 99.7 Å². The molecule has 178 valence electrons. The maximum Gasteiger partial charge on any atom is 0.338 e. The molecule has 35 heavy (non-hydrogen) atoms. The molecule has 0 aliphatic heterocycles. The van der Waals surface area contributed by atoms with Crippen LogP contribution in [0.2, 0.25) is 10.0 Å². The number of hydrogen-bond acceptors (Lipinski definition) is 5. The predicted octanol–water partition coefficient (Wildman–Crippen LogP) is 6.06. The van der Waals surface area contributed by atoms with Crippen LogP contribution in [0.1, 0.15) is 34.1 Å². The minimum atomic E-state index is -0.921. The predicted molar refractivity (Wildman–Crippen MR) is 134 cm³/mol. The fourth-order valence-corrected chi connectivity index (χ4v) is 4.63. The maximum absolute atomic E-state index is 12.9. The van der Waals surface area contributed by atoms with E-state index in [1.807, 2.05) is 53.2 Å². The van der Waals surface area contributed by atoms with Crippen LogP contribution < -0.4 is 4.74 Å². The molecule has 0 spiro atoms. The van der Waals surface area contributed by atoms with E-state index in [0.29, 0.717) is 34.1 Å². The molecule has 6 nitrogen and oxygen atoms in total. The Morgan fingerprint density at radius 3 is 2.46 bits per heavy atom. The molecule has 0 saturated heterocycles. The molecule has 1 aliphatic rings. The summed E-state index contributed by atoms with van der Waals surface area (Å²) < 4.78 is 12.9. The highest BCUT2D eigenvalue weighted by Gasteiger charge is 2.37. The normalized spacial score (nSPS) is 17.0. The van der Waals surface area contributed by atoms with E-state index in [-0.39, 0.29) is 0 Å². The fraction of sp³-hybridized carbons (Fsp3) is 0.185. The SMILES string of the molecule is COc1ccc(-n2nc3c(c2-c2ccc(Cl)cc2)CCC(O)C3OC(=O)c2cccc(Cl)c2)cc1. The number of benzene rings is 3. The van der Waals surface area contributed by atoms with E-state index in [9.17, 15) is 9.90 Å². The van der Waals surface area contributed by atoms with E-state index >= 15 is 0 Å². The number of aromatic nitrogens is 2. The number of carbonyl (C=O) groups is 1.